The summed E-state index contributed by atoms with van der Waals surface area (Å²) in [6.07, 6.45) is 4.89. The van der Waals surface area contributed by atoms with Crippen LogP contribution >= 0.6 is 0 Å². The van der Waals surface area contributed by atoms with Crippen LogP contribution in [0.25, 0.3) is 110 Å². The van der Waals surface area contributed by atoms with Gasteiger partial charge < -0.3 is 71.1 Å². The highest BCUT2D eigenvalue weighted by Crippen LogP contribution is 2.55. The van der Waals surface area contributed by atoms with Gasteiger partial charge in [0.05, 0.1) is 66.7 Å². The van der Waals surface area contributed by atoms with E-state index in [1.807, 2.05) is 276 Å². The molecule has 0 aliphatic carbocycles. The molecular formula is C112H113N19O5. The van der Waals surface area contributed by atoms with Crippen molar-refractivity contribution in [2.24, 2.45) is 0 Å². The number of benzene rings is 6. The van der Waals surface area contributed by atoms with Crippen molar-refractivity contribution in [2.45, 2.75) is 194 Å². The van der Waals surface area contributed by atoms with E-state index in [-0.39, 0.29) is 6.17 Å². The maximum atomic E-state index is 8.82. The van der Waals surface area contributed by atoms with Crippen LogP contribution in [0, 0.1) is 69.2 Å². The molecule has 20 aromatic rings. The SMILES string of the molecule is [2H]C(C)(C)N1c2cccnc2N(c2c(C)ccc3c2oc2nc(C)ccc23)C1C.[2H]C([2H])([2H])C([2H])(C)N1c2ccccc2N(c2c(C)ccc3c2oc2nc(C)ccc23)C1C.[2H]C([2H])([2H])C([2H])(C)N1c2cccnc2N(c2c(C)ccc3c2oc2nc(C)ccc23)C1C.[2H]C([2H])([2H])N1c2cccnc2N(c2c(C)ccc3c2oc2nc(C)ccc23)C1C.[2H]C([2H])([2H])N1c2ncccc2N(c2c(C)ccc3c2oc2nc(C)ccc23)C1C. The van der Waals surface area contributed by atoms with Crippen molar-refractivity contribution >= 4 is 196 Å². The fraction of sp³-hybridized carbons (Fsp3) is 0.277. The second kappa shape index (κ2) is 33.7. The molecule has 24 heteroatoms. The highest BCUT2D eigenvalue weighted by Gasteiger charge is 2.44. The molecule has 14 aromatic heterocycles. The third-order valence-corrected chi connectivity index (χ3v) is 26.7. The lowest BCUT2D eigenvalue weighted by Gasteiger charge is -2.33. The van der Waals surface area contributed by atoms with Gasteiger partial charge in [-0.3, -0.25) is 0 Å². The van der Waals surface area contributed by atoms with Crippen molar-refractivity contribution in [1.82, 2.24) is 44.9 Å². The molecule has 0 saturated carbocycles. The lowest BCUT2D eigenvalue weighted by molar-refractivity contribution is 0.601. The fourth-order valence-corrected chi connectivity index (χ4v) is 20.4. The number of hydrogen-bond donors (Lipinski definition) is 0. The zero-order valence-corrected chi connectivity index (χ0v) is 79.2. The van der Waals surface area contributed by atoms with Gasteiger partial charge >= 0.3 is 0 Å². The van der Waals surface area contributed by atoms with E-state index in [1.165, 1.54) is 23.6 Å². The molecule has 5 aliphatic rings. The largest absolute Gasteiger partial charge is 0.435 e. The number of anilines is 15. The van der Waals surface area contributed by atoms with Gasteiger partial charge in [-0.1, -0.05) is 72.8 Å². The molecule has 0 radical (unpaired) electrons. The molecule has 5 aliphatic heterocycles. The Balaban J connectivity index is 0.000000110. The molecule has 7 unspecified atom stereocenters. The molecule has 0 spiro atoms. The van der Waals surface area contributed by atoms with E-state index in [0.29, 0.717) is 79.7 Å². The standard InChI is InChI=1S/C24H25N3O.2C23H24N4O.2C21H20N4O/c1-14(2)26-17(5)27(21-9-7-6-8-20(21)26)22-15(3)10-12-18-19-13-11-16(4)25-24(19)28-23(18)22;2*1-13(2)26-16(5)27(22-19(26)7-6-12-24-22)20-14(3)8-10-17-18-11-9-15(4)25-23(18)28-21(17)20;1-12-7-9-15-16-10-8-13(2)23-21(16)26-19(15)18(12)25-14(3)24(4)20-17(25)6-5-11-22-20;1-12-7-9-15-16-10-8-13(2)23-21(16)26-19(15)18(12)25-14(3)24(4)17-6-5-11-22-20(17)25/h6-14,17H,1-5H3;2*6-13,16H,1-5H3;2*5-11,14H,1-4H3/i1D3,14D;1D3,13D;13D;2*4D3. The molecule has 7 atom stereocenters. The van der Waals surface area contributed by atoms with Gasteiger partial charge in [0, 0.05) is 156 Å². The summed E-state index contributed by atoms with van der Waals surface area (Å²) in [5.74, 6) is 2.50. The Morgan fingerprint density at radius 2 is 0.515 bits per heavy atom. The molecule has 19 heterocycles. The molecule has 0 N–H and O–H groups in total. The van der Waals surface area contributed by atoms with Crippen molar-refractivity contribution < 1.29 is 42.6 Å². The Labute approximate surface area is 812 Å². The first-order chi connectivity index (χ1) is 71.3. The zero-order chi connectivity index (χ0) is 107. The Morgan fingerprint density at radius 1 is 0.257 bits per heavy atom. The summed E-state index contributed by atoms with van der Waals surface area (Å²) >= 11 is 0. The van der Waals surface area contributed by atoms with Crippen LogP contribution in [0.1, 0.15) is 153 Å². The van der Waals surface area contributed by atoms with Gasteiger partial charge in [0.25, 0.3) is 0 Å². The summed E-state index contributed by atoms with van der Waals surface area (Å²) in [6.45, 7) is 26.5. The molecule has 0 fully saturated rings. The maximum Gasteiger partial charge on any atom is 0.227 e. The van der Waals surface area contributed by atoms with Crippen LogP contribution in [0.4, 0.5) is 85.8 Å². The van der Waals surface area contributed by atoms with E-state index in [2.05, 4.69) is 86.6 Å². The Morgan fingerprint density at radius 3 is 0.853 bits per heavy atom. The van der Waals surface area contributed by atoms with Crippen molar-refractivity contribution in [1.29, 1.82) is 0 Å². The van der Waals surface area contributed by atoms with E-state index < -0.39 is 70.4 Å². The zero-order valence-electron chi connectivity index (χ0n) is 94.2. The Kier molecular flexibility index (Phi) is 17.7. The fourth-order valence-electron chi connectivity index (χ4n) is 20.4. The average molecular weight is 1820 g/mol. The normalized spacial score (nSPS) is 19.6. The second-order valence-electron chi connectivity index (χ2n) is 35.9. The molecule has 686 valence electrons. The first kappa shape index (κ1) is 71.3. The van der Waals surface area contributed by atoms with Crippen LogP contribution in [-0.2, 0) is 0 Å². The summed E-state index contributed by atoms with van der Waals surface area (Å²) in [5, 5.41) is 9.59. The number of para-hydroxylation sites is 2. The lowest BCUT2D eigenvalue weighted by atomic mass is 10.1. The molecule has 0 saturated heterocycles. The van der Waals surface area contributed by atoms with Crippen molar-refractivity contribution in [3.63, 3.8) is 0 Å². The van der Waals surface area contributed by atoms with E-state index in [1.54, 1.807) is 52.8 Å². The highest BCUT2D eigenvalue weighted by molar-refractivity contribution is 6.15. The summed E-state index contributed by atoms with van der Waals surface area (Å²) in [7, 11) is 0. The van der Waals surface area contributed by atoms with Crippen molar-refractivity contribution in [3.05, 3.63) is 275 Å². The van der Waals surface area contributed by atoms with E-state index in [4.69, 9.17) is 47.6 Å². The van der Waals surface area contributed by atoms with Crippen molar-refractivity contribution in [2.75, 3.05) is 63.0 Å². The number of pyridine rings is 9. The smallest absolute Gasteiger partial charge is 0.227 e. The van der Waals surface area contributed by atoms with Gasteiger partial charge in [-0.15, -0.1) is 0 Å². The van der Waals surface area contributed by atoms with Gasteiger partial charge in [-0.05, 0) is 294 Å². The van der Waals surface area contributed by atoms with Crippen LogP contribution in [-0.4, -0.2) is 108 Å². The molecule has 25 rings (SSSR count). The molecule has 136 heavy (non-hydrogen) atoms. The van der Waals surface area contributed by atoms with E-state index in [0.717, 1.165) is 173 Å². The second-order valence-corrected chi connectivity index (χ2v) is 35.9. The van der Waals surface area contributed by atoms with Crippen molar-refractivity contribution in [3.8, 4) is 0 Å². The molecular weight excluding hydrogens is 1690 g/mol. The monoisotopic (exact) mass is 1820 g/mol. The number of hydrogen-bond acceptors (Lipinski definition) is 24. The molecule has 6 aromatic carbocycles. The maximum absolute atomic E-state index is 8.82. The van der Waals surface area contributed by atoms with Crippen LogP contribution in [0.2, 0.25) is 0 Å². The highest BCUT2D eigenvalue weighted by atomic mass is 16.4. The topological polar surface area (TPSA) is 214 Å². The predicted octanol–water partition coefficient (Wildman–Crippen LogP) is 27.6. The van der Waals surface area contributed by atoms with E-state index >= 15 is 0 Å². The minimum absolute atomic E-state index is 0.0837. The Bertz CT molecular complexity index is 8170. The first-order valence-electron chi connectivity index (χ1n) is 53.2. The number of furan rings is 5. The summed E-state index contributed by atoms with van der Waals surface area (Å²) in [6, 6.07) is 58.4. The minimum atomic E-state index is -2.52. The van der Waals surface area contributed by atoms with Gasteiger partial charge in [-0.25, -0.2) is 44.9 Å². The quantitative estimate of drug-likeness (QED) is 0.138. The summed E-state index contributed by atoms with van der Waals surface area (Å²) in [4.78, 5) is 59.3. The third-order valence-electron chi connectivity index (χ3n) is 26.7. The lowest BCUT2D eigenvalue weighted by Crippen LogP contribution is -2.42. The van der Waals surface area contributed by atoms with Gasteiger partial charge in [0.2, 0.25) is 28.6 Å². The van der Waals surface area contributed by atoms with Gasteiger partial charge in [0.15, 0.2) is 51.2 Å². The number of aryl methyl sites for hydroxylation is 10. The molecule has 0 amide bonds. The predicted molar refractivity (Wildman–Crippen MR) is 556 cm³/mol. The summed E-state index contributed by atoms with van der Waals surface area (Å²) < 4.78 is 154. The Hall–Kier alpha value is -15.3. The van der Waals surface area contributed by atoms with Gasteiger partial charge in [-0.2, -0.15) is 0 Å². The minimum Gasteiger partial charge on any atom is -0.435 e. The first-order valence-corrected chi connectivity index (χ1v) is 45.7. The number of rotatable bonds is 8. The molecule has 24 nitrogen and oxygen atoms in total. The summed E-state index contributed by atoms with van der Waals surface area (Å²) in [5.41, 5.74) is 24.8. The number of aromatic nitrogens is 9. The number of fused-ring (bicyclic) bond motifs is 20. The third kappa shape index (κ3) is 14.1. The van der Waals surface area contributed by atoms with Crippen LogP contribution in [0.5, 0.6) is 0 Å². The van der Waals surface area contributed by atoms with Gasteiger partial charge in [0.1, 0.15) is 30.8 Å². The van der Waals surface area contributed by atoms with Crippen LogP contribution in [0.15, 0.2) is 241 Å². The average Bonchev–Trinajstić information content (AvgIpc) is 1.56. The van der Waals surface area contributed by atoms with E-state index in [9.17, 15) is 0 Å². The number of nitrogens with zero attached hydrogens (tertiary/aromatic N) is 19. The molecule has 0 bridgehead atoms. The van der Waals surface area contributed by atoms with Crippen LogP contribution in [0.3, 0.4) is 0 Å². The van der Waals surface area contributed by atoms with Crippen LogP contribution < -0.4 is 49.0 Å².